The molecule has 0 unspecified atom stereocenters. The van der Waals surface area contributed by atoms with E-state index < -0.39 is 0 Å². The Bertz CT molecular complexity index is 233. The Labute approximate surface area is 78.1 Å². The van der Waals surface area contributed by atoms with Crippen molar-refractivity contribution in [1.82, 2.24) is 4.98 Å². The molecule has 0 bridgehead atoms. The second-order valence-corrected chi connectivity index (χ2v) is 3.00. The quantitative estimate of drug-likeness (QED) is 0.663. The van der Waals surface area contributed by atoms with Gasteiger partial charge in [0, 0.05) is 12.8 Å². The average Bonchev–Trinajstić information content (AvgIpc) is 2.19. The van der Waals surface area contributed by atoms with E-state index in [0.717, 1.165) is 24.8 Å². The summed E-state index contributed by atoms with van der Waals surface area (Å²) >= 11 is 0. The first-order chi connectivity index (χ1) is 6.36. The summed E-state index contributed by atoms with van der Waals surface area (Å²) in [5.41, 5.74) is 1.86. The Morgan fingerprint density at radius 2 is 2.00 bits per heavy atom. The minimum absolute atomic E-state index is 0.00306. The van der Waals surface area contributed by atoms with Crippen molar-refractivity contribution in [1.29, 1.82) is 0 Å². The van der Waals surface area contributed by atoms with Crippen LogP contribution in [-0.2, 0) is 13.0 Å². The lowest BCUT2D eigenvalue weighted by molar-refractivity contribution is 0.277. The lowest BCUT2D eigenvalue weighted by Gasteiger charge is -2.00. The Morgan fingerprint density at radius 3 is 2.54 bits per heavy atom. The van der Waals surface area contributed by atoms with Crippen molar-refractivity contribution in [3.05, 3.63) is 29.6 Å². The molecule has 0 saturated carbocycles. The van der Waals surface area contributed by atoms with Crippen LogP contribution in [0.2, 0.25) is 0 Å². The molecule has 3 heteroatoms. The molecule has 0 radical (unpaired) electrons. The van der Waals surface area contributed by atoms with Gasteiger partial charge in [0.15, 0.2) is 0 Å². The predicted molar refractivity (Wildman–Crippen MR) is 50.2 cm³/mol. The van der Waals surface area contributed by atoms with Crippen molar-refractivity contribution in [2.24, 2.45) is 0 Å². The first-order valence-electron chi connectivity index (χ1n) is 4.52. The van der Waals surface area contributed by atoms with Crippen LogP contribution in [-0.4, -0.2) is 21.8 Å². The third-order valence-corrected chi connectivity index (χ3v) is 1.92. The lowest BCUT2D eigenvalue weighted by Crippen LogP contribution is -1.92. The molecule has 0 saturated heterocycles. The molecule has 13 heavy (non-hydrogen) atoms. The summed E-state index contributed by atoms with van der Waals surface area (Å²) in [5.74, 6) is 0. The number of hydrogen-bond donors (Lipinski definition) is 2. The molecule has 0 fully saturated rings. The Morgan fingerprint density at radius 1 is 1.15 bits per heavy atom. The first kappa shape index (κ1) is 10.2. The molecule has 1 aromatic rings. The van der Waals surface area contributed by atoms with Gasteiger partial charge in [-0.2, -0.15) is 0 Å². The minimum atomic E-state index is -0.00306. The van der Waals surface area contributed by atoms with E-state index >= 15 is 0 Å². The standard InChI is InChI=1S/C10H15NO2/c12-6-2-1-3-9-4-5-10(8-13)11-7-9/h4-5,7,12-13H,1-3,6,8H2. The maximum absolute atomic E-state index is 8.75. The van der Waals surface area contributed by atoms with Crippen LogP contribution in [0.1, 0.15) is 24.1 Å². The van der Waals surface area contributed by atoms with Gasteiger partial charge in [-0.3, -0.25) is 4.98 Å². The summed E-state index contributed by atoms with van der Waals surface area (Å²) in [4.78, 5) is 4.06. The van der Waals surface area contributed by atoms with Crippen LogP contribution >= 0.6 is 0 Å². The number of hydrogen-bond acceptors (Lipinski definition) is 3. The van der Waals surface area contributed by atoms with Crippen LogP contribution in [0.25, 0.3) is 0 Å². The van der Waals surface area contributed by atoms with Crippen LogP contribution in [0.3, 0.4) is 0 Å². The molecule has 0 aliphatic heterocycles. The van der Waals surface area contributed by atoms with Gasteiger partial charge in [0.25, 0.3) is 0 Å². The first-order valence-corrected chi connectivity index (χ1v) is 4.52. The molecular formula is C10H15NO2. The van der Waals surface area contributed by atoms with Crippen LogP contribution in [0.4, 0.5) is 0 Å². The van der Waals surface area contributed by atoms with Gasteiger partial charge in [0.05, 0.1) is 12.3 Å². The van der Waals surface area contributed by atoms with Gasteiger partial charge in [-0.15, -0.1) is 0 Å². The molecular weight excluding hydrogens is 166 g/mol. The number of nitrogens with zero attached hydrogens (tertiary/aromatic N) is 1. The summed E-state index contributed by atoms with van der Waals surface area (Å²) in [6, 6.07) is 3.80. The van der Waals surface area contributed by atoms with Crippen molar-refractivity contribution in [2.45, 2.75) is 25.9 Å². The second kappa shape index (κ2) is 5.67. The monoisotopic (exact) mass is 181 g/mol. The number of aliphatic hydroxyl groups excluding tert-OH is 2. The molecule has 1 aromatic heterocycles. The van der Waals surface area contributed by atoms with Crippen LogP contribution in [0, 0.1) is 0 Å². The molecule has 0 spiro atoms. The Balaban J connectivity index is 2.40. The molecule has 1 heterocycles. The highest BCUT2D eigenvalue weighted by atomic mass is 16.3. The number of aryl methyl sites for hydroxylation is 1. The summed E-state index contributed by atoms with van der Waals surface area (Å²) in [7, 11) is 0. The molecule has 3 nitrogen and oxygen atoms in total. The van der Waals surface area contributed by atoms with Crippen molar-refractivity contribution >= 4 is 0 Å². The Hall–Kier alpha value is -0.930. The summed E-state index contributed by atoms with van der Waals surface area (Å²) in [6.45, 7) is 0.249. The largest absolute Gasteiger partial charge is 0.396 e. The summed E-state index contributed by atoms with van der Waals surface area (Å²) < 4.78 is 0. The fourth-order valence-corrected chi connectivity index (χ4v) is 1.14. The van der Waals surface area contributed by atoms with E-state index in [4.69, 9.17) is 10.2 Å². The third-order valence-electron chi connectivity index (χ3n) is 1.92. The molecule has 1 rings (SSSR count). The van der Waals surface area contributed by atoms with Gasteiger partial charge in [0.2, 0.25) is 0 Å². The molecule has 0 aromatic carbocycles. The number of unbranched alkanes of at least 4 members (excludes halogenated alkanes) is 1. The zero-order valence-corrected chi connectivity index (χ0v) is 7.61. The highest BCUT2D eigenvalue weighted by Gasteiger charge is 1.94. The van der Waals surface area contributed by atoms with Crippen molar-refractivity contribution in [3.63, 3.8) is 0 Å². The van der Waals surface area contributed by atoms with Gasteiger partial charge in [-0.25, -0.2) is 0 Å². The zero-order valence-electron chi connectivity index (χ0n) is 7.61. The van der Waals surface area contributed by atoms with Gasteiger partial charge in [0.1, 0.15) is 0 Å². The van der Waals surface area contributed by atoms with Crippen LogP contribution < -0.4 is 0 Å². The highest BCUT2D eigenvalue weighted by molar-refractivity contribution is 5.13. The van der Waals surface area contributed by atoms with Gasteiger partial charge < -0.3 is 10.2 Å². The molecule has 0 aliphatic rings. The molecule has 0 amide bonds. The normalized spacial score (nSPS) is 10.3. The van der Waals surface area contributed by atoms with E-state index in [1.54, 1.807) is 6.20 Å². The number of pyridine rings is 1. The maximum Gasteiger partial charge on any atom is 0.0852 e. The fourth-order valence-electron chi connectivity index (χ4n) is 1.14. The topological polar surface area (TPSA) is 53.4 Å². The number of rotatable bonds is 5. The molecule has 0 atom stereocenters. The smallest absolute Gasteiger partial charge is 0.0852 e. The maximum atomic E-state index is 8.75. The number of aromatic nitrogens is 1. The SMILES string of the molecule is OCCCCc1ccc(CO)nc1. The van der Waals surface area contributed by atoms with E-state index in [0.29, 0.717) is 5.69 Å². The molecule has 72 valence electrons. The fraction of sp³-hybridized carbons (Fsp3) is 0.500. The van der Waals surface area contributed by atoms with E-state index in [-0.39, 0.29) is 13.2 Å². The van der Waals surface area contributed by atoms with Crippen molar-refractivity contribution < 1.29 is 10.2 Å². The van der Waals surface area contributed by atoms with E-state index in [9.17, 15) is 0 Å². The average molecular weight is 181 g/mol. The zero-order chi connectivity index (χ0) is 9.52. The Kier molecular flexibility index (Phi) is 4.43. The third kappa shape index (κ3) is 3.53. The second-order valence-electron chi connectivity index (χ2n) is 3.00. The predicted octanol–water partition coefficient (Wildman–Crippen LogP) is 0.889. The van der Waals surface area contributed by atoms with Crippen molar-refractivity contribution in [3.8, 4) is 0 Å². The lowest BCUT2D eigenvalue weighted by atomic mass is 10.1. The van der Waals surface area contributed by atoms with Crippen LogP contribution in [0.15, 0.2) is 18.3 Å². The van der Waals surface area contributed by atoms with E-state index in [1.807, 2.05) is 12.1 Å². The molecule has 0 aliphatic carbocycles. The highest BCUT2D eigenvalue weighted by Crippen LogP contribution is 2.04. The van der Waals surface area contributed by atoms with Crippen molar-refractivity contribution in [2.75, 3.05) is 6.61 Å². The number of aliphatic hydroxyl groups is 2. The minimum Gasteiger partial charge on any atom is -0.396 e. The molecule has 2 N–H and O–H groups in total. The van der Waals surface area contributed by atoms with Gasteiger partial charge in [-0.05, 0) is 30.9 Å². The van der Waals surface area contributed by atoms with Crippen LogP contribution in [0.5, 0.6) is 0 Å². The van der Waals surface area contributed by atoms with Gasteiger partial charge >= 0.3 is 0 Å². The van der Waals surface area contributed by atoms with Gasteiger partial charge in [-0.1, -0.05) is 6.07 Å². The summed E-state index contributed by atoms with van der Waals surface area (Å²) in [5, 5.41) is 17.3. The summed E-state index contributed by atoms with van der Waals surface area (Å²) in [6.07, 6.45) is 4.54. The van der Waals surface area contributed by atoms with E-state index in [2.05, 4.69) is 4.98 Å². The van der Waals surface area contributed by atoms with E-state index in [1.165, 1.54) is 0 Å².